The molecule has 1 unspecified atom stereocenters. The summed E-state index contributed by atoms with van der Waals surface area (Å²) >= 11 is 0. The average Bonchev–Trinajstić information content (AvgIpc) is 2.91. The first-order valence-electron chi connectivity index (χ1n) is 8.91. The molecule has 23 heavy (non-hydrogen) atoms. The molecule has 120 valence electrons. The van der Waals surface area contributed by atoms with Gasteiger partial charge in [0.2, 0.25) is 0 Å². The van der Waals surface area contributed by atoms with Crippen LogP contribution in [0.2, 0.25) is 0 Å². The molecule has 1 nitrogen and oxygen atoms in total. The maximum Gasteiger partial charge on any atom is 0.0491 e. The van der Waals surface area contributed by atoms with Gasteiger partial charge in [0, 0.05) is 28.4 Å². The van der Waals surface area contributed by atoms with E-state index < -0.39 is 0 Å². The highest BCUT2D eigenvalue weighted by Gasteiger charge is 2.14. The fourth-order valence-corrected chi connectivity index (χ4v) is 3.57. The summed E-state index contributed by atoms with van der Waals surface area (Å²) in [7, 11) is 0. The predicted molar refractivity (Wildman–Crippen MR) is 103 cm³/mol. The summed E-state index contributed by atoms with van der Waals surface area (Å²) in [6, 6.07) is 15.5. The zero-order chi connectivity index (χ0) is 16.2. The molecule has 3 aromatic rings. The van der Waals surface area contributed by atoms with Crippen molar-refractivity contribution in [1.82, 2.24) is 4.57 Å². The van der Waals surface area contributed by atoms with Gasteiger partial charge in [0.05, 0.1) is 0 Å². The minimum absolute atomic E-state index is 0.757. The Morgan fingerprint density at radius 2 is 1.83 bits per heavy atom. The van der Waals surface area contributed by atoms with Crippen molar-refractivity contribution in [3.63, 3.8) is 0 Å². The summed E-state index contributed by atoms with van der Waals surface area (Å²) in [6.45, 7) is 9.64. The lowest BCUT2D eigenvalue weighted by Crippen LogP contribution is -2.10. The Balaban J connectivity index is 2.11. The van der Waals surface area contributed by atoms with E-state index >= 15 is 0 Å². The molecule has 1 heterocycles. The number of hydrogen-bond donors (Lipinski definition) is 0. The van der Waals surface area contributed by atoms with Crippen LogP contribution in [0.4, 0.5) is 0 Å². The third-order valence-electron chi connectivity index (χ3n) is 5.02. The summed E-state index contributed by atoms with van der Waals surface area (Å²) in [5, 5.41) is 2.71. The van der Waals surface area contributed by atoms with Crippen LogP contribution < -0.4 is 0 Å². The molecule has 1 heteroatoms. The van der Waals surface area contributed by atoms with Crippen LogP contribution in [-0.2, 0) is 6.54 Å². The van der Waals surface area contributed by atoms with Crippen molar-refractivity contribution in [3.8, 4) is 0 Å². The fourth-order valence-electron chi connectivity index (χ4n) is 3.57. The van der Waals surface area contributed by atoms with Crippen molar-refractivity contribution in [2.24, 2.45) is 5.92 Å². The van der Waals surface area contributed by atoms with Crippen molar-refractivity contribution in [2.45, 2.75) is 46.1 Å². The number of rotatable bonds is 7. The topological polar surface area (TPSA) is 4.93 Å². The van der Waals surface area contributed by atoms with Gasteiger partial charge in [-0.05, 0) is 36.1 Å². The molecule has 2 aromatic carbocycles. The third-order valence-corrected chi connectivity index (χ3v) is 5.02. The van der Waals surface area contributed by atoms with E-state index in [0.29, 0.717) is 0 Å². The molecule has 0 N–H and O–H groups in total. The monoisotopic (exact) mass is 305 g/mol. The highest BCUT2D eigenvalue weighted by atomic mass is 15.0. The van der Waals surface area contributed by atoms with Gasteiger partial charge in [0.15, 0.2) is 0 Å². The zero-order valence-electron chi connectivity index (χ0n) is 14.4. The van der Waals surface area contributed by atoms with Gasteiger partial charge in [0.1, 0.15) is 0 Å². The molecule has 0 aliphatic rings. The first-order valence-corrected chi connectivity index (χ1v) is 8.91. The van der Waals surface area contributed by atoms with Gasteiger partial charge in [0.25, 0.3) is 0 Å². The Morgan fingerprint density at radius 1 is 1.04 bits per heavy atom. The van der Waals surface area contributed by atoms with Crippen molar-refractivity contribution in [3.05, 3.63) is 54.6 Å². The minimum Gasteiger partial charge on any atom is -0.340 e. The average molecular weight is 305 g/mol. The molecule has 1 atom stereocenters. The Kier molecular flexibility index (Phi) is 4.85. The molecule has 0 aliphatic heterocycles. The Labute approximate surface area is 139 Å². The Hall–Kier alpha value is -2.02. The number of hydrogen-bond acceptors (Lipinski definition) is 0. The molecule has 0 saturated carbocycles. The molecule has 0 radical (unpaired) electrons. The Morgan fingerprint density at radius 3 is 2.57 bits per heavy atom. The second-order valence-corrected chi connectivity index (χ2v) is 6.52. The van der Waals surface area contributed by atoms with Crippen LogP contribution in [0.5, 0.6) is 0 Å². The standard InChI is InChI=1S/C22H27N/c1-4-7-10-18(6-3)16-23-21-12-9-8-11-19(21)20-15-17(5-2)13-14-22(20)23/h5,8-9,11-15,18H,2,4,6-7,10,16H2,1,3H3. The van der Waals surface area contributed by atoms with E-state index in [-0.39, 0.29) is 0 Å². The van der Waals surface area contributed by atoms with Crippen molar-refractivity contribution in [1.29, 1.82) is 0 Å². The van der Waals surface area contributed by atoms with E-state index in [1.54, 1.807) is 0 Å². The van der Waals surface area contributed by atoms with Crippen LogP contribution >= 0.6 is 0 Å². The lowest BCUT2D eigenvalue weighted by Gasteiger charge is -2.17. The van der Waals surface area contributed by atoms with Gasteiger partial charge < -0.3 is 4.57 Å². The summed E-state index contributed by atoms with van der Waals surface area (Å²) in [5.41, 5.74) is 3.91. The fraction of sp³-hybridized carbons (Fsp3) is 0.364. The largest absolute Gasteiger partial charge is 0.340 e. The van der Waals surface area contributed by atoms with Crippen LogP contribution in [0.3, 0.4) is 0 Å². The highest BCUT2D eigenvalue weighted by molar-refractivity contribution is 6.08. The number of fused-ring (bicyclic) bond motifs is 3. The van der Waals surface area contributed by atoms with E-state index in [4.69, 9.17) is 0 Å². The van der Waals surface area contributed by atoms with Crippen LogP contribution in [0.15, 0.2) is 49.0 Å². The smallest absolute Gasteiger partial charge is 0.0491 e. The molecule has 0 spiro atoms. The summed E-state index contributed by atoms with van der Waals surface area (Å²) in [5.74, 6) is 0.757. The first-order chi connectivity index (χ1) is 11.3. The van der Waals surface area contributed by atoms with Crippen LogP contribution in [0.25, 0.3) is 27.9 Å². The van der Waals surface area contributed by atoms with Gasteiger partial charge >= 0.3 is 0 Å². The Bertz CT molecular complexity index is 809. The third kappa shape index (κ3) is 3.06. The molecule has 0 bridgehead atoms. The summed E-state index contributed by atoms with van der Waals surface area (Å²) in [4.78, 5) is 0. The molecule has 0 fully saturated rings. The van der Waals surface area contributed by atoms with Gasteiger partial charge in [-0.15, -0.1) is 0 Å². The lowest BCUT2D eigenvalue weighted by molar-refractivity contribution is 0.401. The van der Waals surface area contributed by atoms with E-state index in [9.17, 15) is 0 Å². The predicted octanol–water partition coefficient (Wildman–Crippen LogP) is 6.65. The lowest BCUT2D eigenvalue weighted by atomic mass is 9.99. The quantitative estimate of drug-likeness (QED) is 0.460. The number of aromatic nitrogens is 1. The van der Waals surface area contributed by atoms with Gasteiger partial charge in [-0.25, -0.2) is 0 Å². The van der Waals surface area contributed by atoms with Crippen LogP contribution in [0, 0.1) is 5.92 Å². The maximum absolute atomic E-state index is 3.91. The van der Waals surface area contributed by atoms with Gasteiger partial charge in [-0.1, -0.05) is 70.0 Å². The molecular weight excluding hydrogens is 278 g/mol. The van der Waals surface area contributed by atoms with Gasteiger partial charge in [-0.3, -0.25) is 0 Å². The maximum atomic E-state index is 3.91. The SMILES string of the molecule is C=Cc1ccc2c(c1)c1ccccc1n2CC(CC)CCCC. The second-order valence-electron chi connectivity index (χ2n) is 6.52. The number of unbranched alkanes of at least 4 members (excludes halogenated alkanes) is 1. The molecule has 0 saturated heterocycles. The first kappa shape index (κ1) is 15.9. The van der Waals surface area contributed by atoms with Crippen LogP contribution in [-0.4, -0.2) is 4.57 Å². The molecule has 3 rings (SSSR count). The van der Waals surface area contributed by atoms with Gasteiger partial charge in [-0.2, -0.15) is 0 Å². The number of nitrogens with zero attached hydrogens (tertiary/aromatic N) is 1. The summed E-state index contributed by atoms with van der Waals surface area (Å²) < 4.78 is 2.53. The van der Waals surface area contributed by atoms with E-state index in [2.05, 4.69) is 67.5 Å². The molecular formula is C22H27N. The van der Waals surface area contributed by atoms with Crippen molar-refractivity contribution in [2.75, 3.05) is 0 Å². The summed E-state index contributed by atoms with van der Waals surface area (Å²) in [6.07, 6.45) is 7.12. The van der Waals surface area contributed by atoms with E-state index in [1.807, 2.05) is 6.08 Å². The molecule has 0 aliphatic carbocycles. The highest BCUT2D eigenvalue weighted by Crippen LogP contribution is 2.31. The normalized spacial score (nSPS) is 12.8. The second kappa shape index (κ2) is 7.04. The molecule has 1 aromatic heterocycles. The van der Waals surface area contributed by atoms with E-state index in [1.165, 1.54) is 53.1 Å². The van der Waals surface area contributed by atoms with Crippen LogP contribution in [0.1, 0.15) is 45.1 Å². The van der Waals surface area contributed by atoms with E-state index in [0.717, 1.165) is 12.5 Å². The molecule has 0 amide bonds. The van der Waals surface area contributed by atoms with Crippen molar-refractivity contribution < 1.29 is 0 Å². The van der Waals surface area contributed by atoms with Crippen molar-refractivity contribution >= 4 is 27.9 Å². The number of para-hydroxylation sites is 1. The zero-order valence-corrected chi connectivity index (χ0v) is 14.4. The minimum atomic E-state index is 0.757. The number of benzene rings is 2.